The Hall–Kier alpha value is -2.14. The molecule has 5 heteroatoms. The molecule has 0 spiro atoms. The number of hydrogen-bond acceptors (Lipinski definition) is 3. The van der Waals surface area contributed by atoms with E-state index in [1.165, 1.54) is 11.3 Å². The first-order valence-corrected chi connectivity index (χ1v) is 10.1. The molecule has 2 N–H and O–H groups in total. The van der Waals surface area contributed by atoms with Gasteiger partial charge in [-0.3, -0.25) is 4.79 Å². The highest BCUT2D eigenvalue weighted by Gasteiger charge is 2.37. The fourth-order valence-corrected chi connectivity index (χ4v) is 4.37. The SMILES string of the molecule is Cc1ccc(-n2nc(C(=O)N3CCC(N)C(C)(C)C3)c3c2CCCC3)cc1. The van der Waals surface area contributed by atoms with Crippen LogP contribution in [0.2, 0.25) is 0 Å². The van der Waals surface area contributed by atoms with Crippen molar-refractivity contribution in [3.8, 4) is 5.69 Å². The highest BCUT2D eigenvalue weighted by molar-refractivity contribution is 5.94. The first kappa shape index (κ1) is 18.2. The summed E-state index contributed by atoms with van der Waals surface area (Å²) in [4.78, 5) is 15.3. The normalized spacial score (nSPS) is 21.8. The van der Waals surface area contributed by atoms with Crippen LogP contribution in [0.5, 0.6) is 0 Å². The lowest BCUT2D eigenvalue weighted by Gasteiger charge is -2.42. The quantitative estimate of drug-likeness (QED) is 0.887. The number of carbonyl (C=O) groups excluding carboxylic acids is 1. The molecule has 144 valence electrons. The standard InChI is InChI=1S/C22H30N4O/c1-15-8-10-16(11-9-15)26-18-7-5-4-6-17(18)20(24-26)21(27)25-13-12-19(23)22(2,3)14-25/h8-11,19H,4-7,12-14,23H2,1-3H3. The predicted molar refractivity (Wildman–Crippen MR) is 107 cm³/mol. The number of benzene rings is 1. The van der Waals surface area contributed by atoms with Crippen LogP contribution in [-0.2, 0) is 12.8 Å². The molecule has 5 nitrogen and oxygen atoms in total. The lowest BCUT2D eigenvalue weighted by Crippen LogP contribution is -2.54. The molecule has 27 heavy (non-hydrogen) atoms. The van der Waals surface area contributed by atoms with Gasteiger partial charge in [-0.25, -0.2) is 4.68 Å². The lowest BCUT2D eigenvalue weighted by atomic mass is 9.79. The third-order valence-electron chi connectivity index (χ3n) is 6.26. The van der Waals surface area contributed by atoms with Crippen molar-refractivity contribution in [3.05, 3.63) is 46.8 Å². The number of likely N-dealkylation sites (tertiary alicyclic amines) is 1. The van der Waals surface area contributed by atoms with Crippen molar-refractivity contribution in [1.82, 2.24) is 14.7 Å². The van der Waals surface area contributed by atoms with Crippen LogP contribution in [0.4, 0.5) is 0 Å². The van der Waals surface area contributed by atoms with E-state index in [-0.39, 0.29) is 17.4 Å². The molecule has 2 aliphatic rings. The maximum Gasteiger partial charge on any atom is 0.274 e. The Bertz CT molecular complexity index is 850. The van der Waals surface area contributed by atoms with Gasteiger partial charge in [-0.2, -0.15) is 5.10 Å². The second-order valence-corrected chi connectivity index (χ2v) is 8.84. The van der Waals surface area contributed by atoms with Crippen molar-refractivity contribution in [2.45, 2.75) is 58.9 Å². The van der Waals surface area contributed by atoms with Gasteiger partial charge in [-0.1, -0.05) is 31.5 Å². The van der Waals surface area contributed by atoms with Crippen LogP contribution in [0.3, 0.4) is 0 Å². The third kappa shape index (κ3) is 3.29. The Balaban J connectivity index is 1.71. The number of nitrogens with two attached hydrogens (primary N) is 1. The summed E-state index contributed by atoms with van der Waals surface area (Å²) in [7, 11) is 0. The Labute approximate surface area is 161 Å². The number of rotatable bonds is 2. The molecule has 1 aromatic heterocycles. The molecule has 1 unspecified atom stereocenters. The maximum absolute atomic E-state index is 13.4. The van der Waals surface area contributed by atoms with E-state index in [0.717, 1.165) is 49.9 Å². The summed E-state index contributed by atoms with van der Waals surface area (Å²) in [6.07, 6.45) is 5.06. The summed E-state index contributed by atoms with van der Waals surface area (Å²) in [5.41, 5.74) is 11.5. The Morgan fingerprint density at radius 2 is 1.89 bits per heavy atom. The van der Waals surface area contributed by atoms with Crippen LogP contribution in [0.15, 0.2) is 24.3 Å². The van der Waals surface area contributed by atoms with Crippen LogP contribution in [0, 0.1) is 12.3 Å². The molecule has 1 aromatic carbocycles. The van der Waals surface area contributed by atoms with E-state index in [2.05, 4.69) is 45.0 Å². The van der Waals surface area contributed by atoms with Gasteiger partial charge in [0.2, 0.25) is 0 Å². The topological polar surface area (TPSA) is 64.2 Å². The van der Waals surface area contributed by atoms with Gasteiger partial charge in [-0.15, -0.1) is 0 Å². The van der Waals surface area contributed by atoms with Gasteiger partial charge in [0.1, 0.15) is 0 Å². The molecular formula is C22H30N4O. The molecule has 1 saturated heterocycles. The summed E-state index contributed by atoms with van der Waals surface area (Å²) in [5, 5.41) is 4.83. The van der Waals surface area contributed by atoms with Crippen LogP contribution in [0.25, 0.3) is 5.69 Å². The van der Waals surface area contributed by atoms with Crippen molar-refractivity contribution in [3.63, 3.8) is 0 Å². The molecule has 0 radical (unpaired) electrons. The van der Waals surface area contributed by atoms with E-state index in [1.807, 2.05) is 9.58 Å². The van der Waals surface area contributed by atoms with E-state index in [4.69, 9.17) is 10.8 Å². The van der Waals surface area contributed by atoms with Gasteiger partial charge < -0.3 is 10.6 Å². The molecule has 1 atom stereocenters. The first-order chi connectivity index (χ1) is 12.9. The fourth-order valence-electron chi connectivity index (χ4n) is 4.37. The van der Waals surface area contributed by atoms with E-state index >= 15 is 0 Å². The second-order valence-electron chi connectivity index (χ2n) is 8.84. The van der Waals surface area contributed by atoms with Crippen molar-refractivity contribution < 1.29 is 4.79 Å². The largest absolute Gasteiger partial charge is 0.337 e. The maximum atomic E-state index is 13.4. The highest BCUT2D eigenvalue weighted by atomic mass is 16.2. The molecule has 1 fully saturated rings. The number of carbonyl (C=O) groups is 1. The van der Waals surface area contributed by atoms with Crippen LogP contribution in [0.1, 0.15) is 60.4 Å². The molecule has 2 aromatic rings. The van der Waals surface area contributed by atoms with Crippen molar-refractivity contribution >= 4 is 5.91 Å². The monoisotopic (exact) mass is 366 g/mol. The van der Waals surface area contributed by atoms with Crippen molar-refractivity contribution in [2.24, 2.45) is 11.1 Å². The van der Waals surface area contributed by atoms with Crippen molar-refractivity contribution in [2.75, 3.05) is 13.1 Å². The van der Waals surface area contributed by atoms with E-state index in [9.17, 15) is 4.79 Å². The first-order valence-electron chi connectivity index (χ1n) is 10.1. The average Bonchev–Trinajstić information content (AvgIpc) is 3.04. The second kappa shape index (κ2) is 6.79. The number of aryl methyl sites for hydroxylation is 1. The number of hydrogen-bond donors (Lipinski definition) is 1. The Morgan fingerprint density at radius 3 is 2.59 bits per heavy atom. The zero-order valence-electron chi connectivity index (χ0n) is 16.7. The number of fused-ring (bicyclic) bond motifs is 1. The zero-order chi connectivity index (χ0) is 19.2. The third-order valence-corrected chi connectivity index (χ3v) is 6.26. The highest BCUT2D eigenvalue weighted by Crippen LogP contribution is 2.31. The van der Waals surface area contributed by atoms with Crippen LogP contribution >= 0.6 is 0 Å². The Morgan fingerprint density at radius 1 is 1.19 bits per heavy atom. The van der Waals surface area contributed by atoms with Gasteiger partial charge in [-0.05, 0) is 56.6 Å². The fraction of sp³-hybridized carbons (Fsp3) is 0.545. The van der Waals surface area contributed by atoms with Gasteiger partial charge in [0.25, 0.3) is 5.91 Å². The zero-order valence-corrected chi connectivity index (χ0v) is 16.7. The summed E-state index contributed by atoms with van der Waals surface area (Å²) >= 11 is 0. The Kier molecular flexibility index (Phi) is 4.58. The van der Waals surface area contributed by atoms with Gasteiger partial charge in [0, 0.05) is 30.4 Å². The van der Waals surface area contributed by atoms with E-state index < -0.39 is 0 Å². The number of piperidine rings is 1. The lowest BCUT2D eigenvalue weighted by molar-refractivity contribution is 0.0526. The molecule has 0 bridgehead atoms. The van der Waals surface area contributed by atoms with Gasteiger partial charge >= 0.3 is 0 Å². The molecule has 0 saturated carbocycles. The van der Waals surface area contributed by atoms with E-state index in [0.29, 0.717) is 12.2 Å². The predicted octanol–water partition coefficient (Wildman–Crippen LogP) is 3.26. The molecule has 2 heterocycles. The number of nitrogens with zero attached hydrogens (tertiary/aromatic N) is 3. The molecule has 1 aliphatic heterocycles. The van der Waals surface area contributed by atoms with Gasteiger partial charge in [0.05, 0.1) is 5.69 Å². The average molecular weight is 367 g/mol. The minimum absolute atomic E-state index is 0.0620. The molecule has 1 aliphatic carbocycles. The summed E-state index contributed by atoms with van der Waals surface area (Å²) in [5.74, 6) is 0.0685. The minimum Gasteiger partial charge on any atom is -0.337 e. The van der Waals surface area contributed by atoms with Gasteiger partial charge in [0.15, 0.2) is 5.69 Å². The summed E-state index contributed by atoms with van der Waals surface area (Å²) in [6.45, 7) is 7.80. The molecule has 4 rings (SSSR count). The molecular weight excluding hydrogens is 336 g/mol. The summed E-state index contributed by atoms with van der Waals surface area (Å²) in [6, 6.07) is 8.52. The summed E-state index contributed by atoms with van der Waals surface area (Å²) < 4.78 is 2.00. The smallest absolute Gasteiger partial charge is 0.274 e. The number of aromatic nitrogens is 2. The molecule has 1 amide bonds. The minimum atomic E-state index is -0.0620. The van der Waals surface area contributed by atoms with Crippen LogP contribution < -0.4 is 5.73 Å². The van der Waals surface area contributed by atoms with E-state index in [1.54, 1.807) is 0 Å². The van der Waals surface area contributed by atoms with Crippen molar-refractivity contribution in [1.29, 1.82) is 0 Å². The number of amides is 1. The van der Waals surface area contributed by atoms with Crippen LogP contribution in [-0.4, -0.2) is 39.7 Å².